The highest BCUT2D eigenvalue weighted by Gasteiger charge is 2.24. The Morgan fingerprint density at radius 2 is 1.81 bits per heavy atom. The third-order valence-electron chi connectivity index (χ3n) is 3.60. The van der Waals surface area contributed by atoms with Gasteiger partial charge in [0.15, 0.2) is 0 Å². The molecular weight excluding hydrogens is 330 g/mol. The van der Waals surface area contributed by atoms with Crippen LogP contribution in [0.25, 0.3) is 0 Å². The van der Waals surface area contributed by atoms with Crippen LogP contribution in [0.1, 0.15) is 22.3 Å². The summed E-state index contributed by atoms with van der Waals surface area (Å²) in [4.78, 5) is 14.2. The molecule has 1 amide bonds. The molecule has 1 heterocycles. The van der Waals surface area contributed by atoms with Gasteiger partial charge in [0, 0.05) is 23.1 Å². The van der Waals surface area contributed by atoms with Crippen molar-refractivity contribution >= 4 is 21.8 Å². The Bertz CT molecular complexity index is 653. The molecule has 3 nitrogen and oxygen atoms in total. The molecule has 4 heteroatoms. The van der Waals surface area contributed by atoms with Crippen LogP contribution in [0.4, 0.5) is 0 Å². The van der Waals surface area contributed by atoms with Gasteiger partial charge < -0.3 is 9.64 Å². The van der Waals surface area contributed by atoms with E-state index in [4.69, 9.17) is 4.74 Å². The van der Waals surface area contributed by atoms with Crippen LogP contribution in [-0.4, -0.2) is 23.9 Å². The number of likely N-dealkylation sites (tertiary alicyclic amines) is 1. The van der Waals surface area contributed by atoms with Crippen LogP contribution in [0, 0.1) is 0 Å². The van der Waals surface area contributed by atoms with Gasteiger partial charge in [-0.1, -0.05) is 46.3 Å². The predicted octanol–water partition coefficient (Wildman–Crippen LogP) is 3.87. The summed E-state index contributed by atoms with van der Waals surface area (Å²) in [5.41, 5.74) is 1.70. The molecule has 0 unspecified atom stereocenters. The van der Waals surface area contributed by atoms with Gasteiger partial charge in [0.25, 0.3) is 5.91 Å². The quantitative estimate of drug-likeness (QED) is 0.841. The van der Waals surface area contributed by atoms with E-state index in [0.29, 0.717) is 17.9 Å². The van der Waals surface area contributed by atoms with E-state index in [1.165, 1.54) is 0 Å². The number of ether oxygens (including phenoxy) is 1. The Labute approximate surface area is 132 Å². The number of benzene rings is 2. The molecule has 21 heavy (non-hydrogen) atoms. The molecule has 1 aliphatic heterocycles. The van der Waals surface area contributed by atoms with Crippen LogP contribution < -0.4 is 4.74 Å². The van der Waals surface area contributed by atoms with Crippen LogP contribution in [-0.2, 0) is 6.61 Å². The van der Waals surface area contributed by atoms with Crippen LogP contribution in [0.2, 0.25) is 0 Å². The largest absolute Gasteiger partial charge is 0.488 e. The molecule has 0 saturated carbocycles. The number of rotatable bonds is 4. The van der Waals surface area contributed by atoms with Gasteiger partial charge in [0.1, 0.15) is 12.4 Å². The first-order valence-corrected chi connectivity index (χ1v) is 7.79. The second-order valence-electron chi connectivity index (χ2n) is 5.02. The van der Waals surface area contributed by atoms with Crippen molar-refractivity contribution in [2.75, 3.05) is 13.1 Å². The summed E-state index contributed by atoms with van der Waals surface area (Å²) in [6.07, 6.45) is 1.09. The van der Waals surface area contributed by atoms with Gasteiger partial charge in [-0.25, -0.2) is 0 Å². The summed E-state index contributed by atoms with van der Waals surface area (Å²) in [6, 6.07) is 15.4. The molecule has 0 aromatic heterocycles. The third kappa shape index (κ3) is 3.10. The number of halogens is 1. The number of para-hydroxylation sites is 1. The van der Waals surface area contributed by atoms with E-state index in [1.807, 2.05) is 53.4 Å². The molecule has 0 spiro atoms. The zero-order chi connectivity index (χ0) is 14.7. The van der Waals surface area contributed by atoms with Gasteiger partial charge in [0.2, 0.25) is 0 Å². The van der Waals surface area contributed by atoms with Gasteiger partial charge in [-0.2, -0.15) is 0 Å². The number of amides is 1. The van der Waals surface area contributed by atoms with Crippen molar-refractivity contribution in [3.8, 4) is 5.75 Å². The highest BCUT2D eigenvalue weighted by molar-refractivity contribution is 9.10. The standard InChI is InChI=1S/C17H16BrNO2/c18-15-8-3-1-6-13(15)12-21-16-9-4-2-7-14(16)17(20)19-10-5-11-19/h1-4,6-9H,5,10-12H2. The molecule has 0 bridgehead atoms. The van der Waals surface area contributed by atoms with Crippen molar-refractivity contribution in [1.29, 1.82) is 0 Å². The topological polar surface area (TPSA) is 29.5 Å². The molecule has 0 radical (unpaired) electrons. The lowest BCUT2D eigenvalue weighted by Crippen LogP contribution is -2.42. The number of carbonyl (C=O) groups excluding carboxylic acids is 1. The maximum atomic E-state index is 12.4. The van der Waals surface area contributed by atoms with Crippen molar-refractivity contribution in [1.82, 2.24) is 4.90 Å². The van der Waals surface area contributed by atoms with Crippen LogP contribution in [0.5, 0.6) is 5.75 Å². The fourth-order valence-electron chi connectivity index (χ4n) is 2.23. The van der Waals surface area contributed by atoms with Crippen molar-refractivity contribution in [2.24, 2.45) is 0 Å². The molecule has 2 aromatic rings. The SMILES string of the molecule is O=C(c1ccccc1OCc1ccccc1Br)N1CCC1. The summed E-state index contributed by atoms with van der Waals surface area (Å²) in [5, 5.41) is 0. The molecule has 0 aliphatic carbocycles. The molecular formula is C17H16BrNO2. The Hall–Kier alpha value is -1.81. The summed E-state index contributed by atoms with van der Waals surface area (Å²) in [7, 11) is 0. The van der Waals surface area contributed by atoms with Crippen molar-refractivity contribution in [2.45, 2.75) is 13.0 Å². The Morgan fingerprint density at radius 1 is 1.10 bits per heavy atom. The smallest absolute Gasteiger partial charge is 0.257 e. The van der Waals surface area contributed by atoms with E-state index >= 15 is 0 Å². The van der Waals surface area contributed by atoms with Gasteiger partial charge >= 0.3 is 0 Å². The minimum Gasteiger partial charge on any atom is -0.488 e. The molecule has 0 N–H and O–H groups in total. The molecule has 1 saturated heterocycles. The maximum absolute atomic E-state index is 12.4. The Kier molecular flexibility index (Phi) is 4.25. The van der Waals surface area contributed by atoms with Crippen molar-refractivity contribution in [3.63, 3.8) is 0 Å². The molecule has 3 rings (SSSR count). The first-order valence-electron chi connectivity index (χ1n) is 7.00. The zero-order valence-electron chi connectivity index (χ0n) is 11.6. The van der Waals surface area contributed by atoms with E-state index in [9.17, 15) is 4.79 Å². The fourth-order valence-corrected chi connectivity index (χ4v) is 2.63. The first kappa shape index (κ1) is 14.1. The van der Waals surface area contributed by atoms with Crippen molar-refractivity contribution < 1.29 is 9.53 Å². The van der Waals surface area contributed by atoms with Gasteiger partial charge in [-0.05, 0) is 24.6 Å². The van der Waals surface area contributed by atoms with Crippen LogP contribution >= 0.6 is 15.9 Å². The van der Waals surface area contributed by atoms with Crippen LogP contribution in [0.3, 0.4) is 0 Å². The Morgan fingerprint density at radius 3 is 2.52 bits per heavy atom. The predicted molar refractivity (Wildman–Crippen MR) is 85.4 cm³/mol. The van der Waals surface area contributed by atoms with E-state index in [2.05, 4.69) is 15.9 Å². The maximum Gasteiger partial charge on any atom is 0.257 e. The van der Waals surface area contributed by atoms with Crippen LogP contribution in [0.15, 0.2) is 53.0 Å². The number of hydrogen-bond donors (Lipinski definition) is 0. The zero-order valence-corrected chi connectivity index (χ0v) is 13.2. The van der Waals surface area contributed by atoms with E-state index in [0.717, 1.165) is 29.5 Å². The van der Waals surface area contributed by atoms with Gasteiger partial charge in [0.05, 0.1) is 5.56 Å². The lowest BCUT2D eigenvalue weighted by molar-refractivity contribution is 0.0647. The molecule has 108 valence electrons. The normalized spacial score (nSPS) is 13.7. The Balaban J connectivity index is 1.76. The van der Waals surface area contributed by atoms with E-state index in [1.54, 1.807) is 0 Å². The monoisotopic (exact) mass is 345 g/mol. The second kappa shape index (κ2) is 6.31. The minimum absolute atomic E-state index is 0.0592. The van der Waals surface area contributed by atoms with Crippen molar-refractivity contribution in [3.05, 3.63) is 64.1 Å². The van der Waals surface area contributed by atoms with E-state index < -0.39 is 0 Å². The highest BCUT2D eigenvalue weighted by atomic mass is 79.9. The number of hydrogen-bond acceptors (Lipinski definition) is 2. The molecule has 1 aliphatic rings. The lowest BCUT2D eigenvalue weighted by Gasteiger charge is -2.31. The summed E-state index contributed by atoms with van der Waals surface area (Å²) in [5.74, 6) is 0.703. The van der Waals surface area contributed by atoms with Gasteiger partial charge in [-0.15, -0.1) is 0 Å². The molecule has 1 fully saturated rings. The minimum atomic E-state index is 0.0592. The number of carbonyl (C=O) groups is 1. The third-order valence-corrected chi connectivity index (χ3v) is 4.38. The summed E-state index contributed by atoms with van der Waals surface area (Å²) in [6.45, 7) is 2.13. The lowest BCUT2D eigenvalue weighted by atomic mass is 10.1. The van der Waals surface area contributed by atoms with Gasteiger partial charge in [-0.3, -0.25) is 4.79 Å². The first-order chi connectivity index (χ1) is 10.3. The average molecular weight is 346 g/mol. The summed E-state index contributed by atoms with van der Waals surface area (Å²) < 4.78 is 6.88. The summed E-state index contributed by atoms with van der Waals surface area (Å²) >= 11 is 3.51. The fraction of sp³-hybridized carbons (Fsp3) is 0.235. The average Bonchev–Trinajstić information content (AvgIpc) is 2.45. The number of nitrogens with zero attached hydrogens (tertiary/aromatic N) is 1. The molecule has 2 aromatic carbocycles. The van der Waals surface area contributed by atoms with E-state index in [-0.39, 0.29) is 5.91 Å². The molecule has 0 atom stereocenters. The second-order valence-corrected chi connectivity index (χ2v) is 5.88. The highest BCUT2D eigenvalue weighted by Crippen LogP contribution is 2.24.